The largest absolute Gasteiger partial charge is 0.340 e. The van der Waals surface area contributed by atoms with Gasteiger partial charge in [0, 0.05) is 20.0 Å². The lowest BCUT2D eigenvalue weighted by Gasteiger charge is -2.31. The maximum absolute atomic E-state index is 11.0. The molecule has 1 saturated heterocycles. The van der Waals surface area contributed by atoms with Crippen molar-refractivity contribution in [1.82, 2.24) is 4.90 Å². The topological polar surface area (TPSA) is 63.7 Å². The van der Waals surface area contributed by atoms with Gasteiger partial charge < -0.3 is 4.90 Å². The Labute approximate surface area is 84.2 Å². The molecule has 1 amide bonds. The summed E-state index contributed by atoms with van der Waals surface area (Å²) in [6.45, 7) is 2.55. The predicted octanol–water partition coefficient (Wildman–Crippen LogP) is -0.0265. The average molecular weight is 221 g/mol. The van der Waals surface area contributed by atoms with Gasteiger partial charge in [-0.15, -0.1) is 0 Å². The number of hydrogen-bond acceptors (Lipinski definition) is 4. The fourth-order valence-corrected chi connectivity index (χ4v) is 2.20. The highest BCUT2D eigenvalue weighted by molar-refractivity contribution is 7.86. The summed E-state index contributed by atoms with van der Waals surface area (Å²) >= 11 is 0. The summed E-state index contributed by atoms with van der Waals surface area (Å²) in [4.78, 5) is 12.6. The highest BCUT2D eigenvalue weighted by Crippen LogP contribution is 2.14. The van der Waals surface area contributed by atoms with Crippen molar-refractivity contribution in [2.24, 2.45) is 0 Å². The van der Waals surface area contributed by atoms with Gasteiger partial charge in [-0.1, -0.05) is 0 Å². The molecule has 0 bridgehead atoms. The number of nitrogens with zero attached hydrogens (tertiary/aromatic N) is 1. The lowest BCUT2D eigenvalue weighted by atomic mass is 10.1. The van der Waals surface area contributed by atoms with Crippen LogP contribution in [0.3, 0.4) is 0 Å². The van der Waals surface area contributed by atoms with Crippen LogP contribution in [0.5, 0.6) is 0 Å². The van der Waals surface area contributed by atoms with Crippen molar-refractivity contribution in [3.8, 4) is 0 Å². The Bertz CT molecular complexity index is 311. The molecule has 0 N–H and O–H groups in total. The number of amides is 1. The lowest BCUT2D eigenvalue weighted by Crippen LogP contribution is -2.42. The van der Waals surface area contributed by atoms with Gasteiger partial charge in [-0.2, -0.15) is 8.42 Å². The van der Waals surface area contributed by atoms with Crippen LogP contribution in [-0.4, -0.2) is 44.7 Å². The van der Waals surface area contributed by atoms with E-state index in [2.05, 4.69) is 0 Å². The molecule has 0 unspecified atom stereocenters. The van der Waals surface area contributed by atoms with Crippen molar-refractivity contribution in [2.75, 3.05) is 19.3 Å². The molecule has 0 aliphatic carbocycles. The maximum atomic E-state index is 11.0. The zero-order valence-electron chi connectivity index (χ0n) is 8.39. The number of carbonyl (C=O) groups excluding carboxylic acids is 1. The minimum atomic E-state index is -3.41. The van der Waals surface area contributed by atoms with E-state index in [1.165, 1.54) is 6.92 Å². The molecule has 6 heteroatoms. The third-order valence-corrected chi connectivity index (χ3v) is 2.76. The van der Waals surface area contributed by atoms with Crippen LogP contribution in [0, 0.1) is 0 Å². The average Bonchev–Trinajstić information content (AvgIpc) is 2.01. The highest BCUT2D eigenvalue weighted by Gasteiger charge is 2.24. The molecule has 1 aliphatic heterocycles. The summed E-state index contributed by atoms with van der Waals surface area (Å²) in [5.74, 6) is -0.0354. The normalized spacial score (nSPS) is 23.6. The molecule has 0 aromatic rings. The first-order chi connectivity index (χ1) is 6.38. The Morgan fingerprint density at radius 1 is 1.50 bits per heavy atom. The minimum Gasteiger partial charge on any atom is -0.340 e. The van der Waals surface area contributed by atoms with E-state index in [0.717, 1.165) is 12.7 Å². The Balaban J connectivity index is 2.52. The van der Waals surface area contributed by atoms with E-state index in [1.807, 2.05) is 0 Å². The van der Waals surface area contributed by atoms with Crippen molar-refractivity contribution in [3.05, 3.63) is 0 Å². The van der Waals surface area contributed by atoms with Crippen molar-refractivity contribution < 1.29 is 17.4 Å². The molecule has 0 spiro atoms. The van der Waals surface area contributed by atoms with Crippen LogP contribution >= 0.6 is 0 Å². The highest BCUT2D eigenvalue weighted by atomic mass is 32.2. The monoisotopic (exact) mass is 221 g/mol. The SMILES string of the molecule is CC(=O)N1CCC[C@@H](OS(C)(=O)=O)C1. The first-order valence-electron chi connectivity index (χ1n) is 4.52. The molecule has 1 atom stereocenters. The van der Waals surface area contributed by atoms with Gasteiger partial charge in [0.25, 0.3) is 10.1 Å². The van der Waals surface area contributed by atoms with E-state index in [1.54, 1.807) is 4.90 Å². The second-order valence-electron chi connectivity index (χ2n) is 3.53. The molecule has 14 heavy (non-hydrogen) atoms. The molecule has 1 rings (SSSR count). The van der Waals surface area contributed by atoms with Crippen molar-refractivity contribution in [3.63, 3.8) is 0 Å². The second kappa shape index (κ2) is 4.27. The van der Waals surface area contributed by atoms with Gasteiger partial charge in [-0.25, -0.2) is 0 Å². The van der Waals surface area contributed by atoms with Gasteiger partial charge in [0.2, 0.25) is 5.91 Å². The molecular formula is C8H15NO4S. The molecule has 1 aliphatic rings. The van der Waals surface area contributed by atoms with Crippen molar-refractivity contribution in [2.45, 2.75) is 25.9 Å². The molecule has 0 radical (unpaired) electrons. The fraction of sp³-hybridized carbons (Fsp3) is 0.875. The van der Waals surface area contributed by atoms with Crippen LogP contribution in [0.2, 0.25) is 0 Å². The van der Waals surface area contributed by atoms with E-state index < -0.39 is 10.1 Å². The van der Waals surface area contributed by atoms with Crippen molar-refractivity contribution >= 4 is 16.0 Å². The van der Waals surface area contributed by atoms with Crippen molar-refractivity contribution in [1.29, 1.82) is 0 Å². The van der Waals surface area contributed by atoms with Gasteiger partial charge in [0.15, 0.2) is 0 Å². The van der Waals surface area contributed by atoms with Gasteiger partial charge in [0.1, 0.15) is 0 Å². The summed E-state index contributed by atoms with van der Waals surface area (Å²) in [5, 5.41) is 0. The summed E-state index contributed by atoms with van der Waals surface area (Å²) in [7, 11) is -3.41. The first kappa shape index (κ1) is 11.5. The van der Waals surface area contributed by atoms with E-state index in [0.29, 0.717) is 19.5 Å². The van der Waals surface area contributed by atoms with E-state index in [4.69, 9.17) is 4.18 Å². The second-order valence-corrected chi connectivity index (χ2v) is 5.13. The predicted molar refractivity (Wildman–Crippen MR) is 51.2 cm³/mol. The number of likely N-dealkylation sites (tertiary alicyclic amines) is 1. The van der Waals surface area contributed by atoms with Gasteiger partial charge in [0.05, 0.1) is 12.4 Å². The van der Waals surface area contributed by atoms with Gasteiger partial charge in [-0.3, -0.25) is 8.98 Å². The van der Waals surface area contributed by atoms with E-state index >= 15 is 0 Å². The Kier molecular flexibility index (Phi) is 3.49. The zero-order chi connectivity index (χ0) is 10.8. The van der Waals surface area contributed by atoms with Crippen LogP contribution in [-0.2, 0) is 19.1 Å². The maximum Gasteiger partial charge on any atom is 0.264 e. The van der Waals surface area contributed by atoms with Crippen LogP contribution < -0.4 is 0 Å². The van der Waals surface area contributed by atoms with Gasteiger partial charge in [-0.05, 0) is 12.8 Å². The third-order valence-electron chi connectivity index (χ3n) is 2.13. The molecule has 0 saturated carbocycles. The van der Waals surface area contributed by atoms with Gasteiger partial charge >= 0.3 is 0 Å². The smallest absolute Gasteiger partial charge is 0.264 e. The lowest BCUT2D eigenvalue weighted by molar-refractivity contribution is -0.131. The third kappa shape index (κ3) is 3.63. The van der Waals surface area contributed by atoms with E-state index in [-0.39, 0.29) is 12.0 Å². The number of hydrogen-bond donors (Lipinski definition) is 0. The minimum absolute atomic E-state index is 0.0354. The summed E-state index contributed by atoms with van der Waals surface area (Å²) < 4.78 is 26.5. The first-order valence-corrected chi connectivity index (χ1v) is 6.34. The molecule has 1 heterocycles. The van der Waals surface area contributed by atoms with Crippen LogP contribution in [0.4, 0.5) is 0 Å². The molecule has 1 fully saturated rings. The molecule has 5 nitrogen and oxygen atoms in total. The number of piperidine rings is 1. The molecule has 0 aromatic heterocycles. The quantitative estimate of drug-likeness (QED) is 0.614. The molecule has 0 aromatic carbocycles. The molecular weight excluding hydrogens is 206 g/mol. The summed E-state index contributed by atoms with van der Waals surface area (Å²) in [5.41, 5.74) is 0. The summed E-state index contributed by atoms with van der Waals surface area (Å²) in [6, 6.07) is 0. The number of rotatable bonds is 2. The fourth-order valence-electron chi connectivity index (χ4n) is 1.55. The molecule has 82 valence electrons. The van der Waals surface area contributed by atoms with Crippen LogP contribution in [0.15, 0.2) is 0 Å². The van der Waals surface area contributed by atoms with Crippen LogP contribution in [0.25, 0.3) is 0 Å². The van der Waals surface area contributed by atoms with Crippen LogP contribution in [0.1, 0.15) is 19.8 Å². The zero-order valence-corrected chi connectivity index (χ0v) is 9.21. The van der Waals surface area contributed by atoms with E-state index in [9.17, 15) is 13.2 Å². The Hall–Kier alpha value is -0.620. The Morgan fingerprint density at radius 2 is 2.14 bits per heavy atom. The summed E-state index contributed by atoms with van der Waals surface area (Å²) in [6.07, 6.45) is 2.14. The number of carbonyl (C=O) groups is 1. The Morgan fingerprint density at radius 3 is 2.64 bits per heavy atom. The standard InChI is InChI=1S/C8H15NO4S/c1-7(10)9-5-3-4-8(6-9)13-14(2,11)12/h8H,3-6H2,1-2H3/t8-/m1/s1.